The fraction of sp³-hybridized carbons (Fsp3) is 0.0909. The van der Waals surface area contributed by atoms with Gasteiger partial charge in [-0.25, -0.2) is 4.79 Å². The standard InChI is InChI=1S/C11H12N3OS/c1-9-7-16-11(13-12)14(9,8-15)10-5-3-2-4-6-10/h2-8H,12H2,1H3/q+1. The molecule has 1 atom stereocenters. The van der Waals surface area contributed by atoms with Crippen LogP contribution in [-0.4, -0.2) is 11.6 Å². The van der Waals surface area contributed by atoms with Crippen LogP contribution < -0.4 is 10.3 Å². The van der Waals surface area contributed by atoms with E-state index in [0.29, 0.717) is 5.17 Å². The van der Waals surface area contributed by atoms with Gasteiger partial charge in [-0.15, -0.1) is 9.58 Å². The van der Waals surface area contributed by atoms with Crippen LogP contribution in [0.2, 0.25) is 0 Å². The first-order chi connectivity index (χ1) is 7.75. The Morgan fingerprint density at radius 2 is 2.06 bits per heavy atom. The van der Waals surface area contributed by atoms with Gasteiger partial charge in [-0.2, -0.15) is 0 Å². The Morgan fingerprint density at radius 3 is 2.62 bits per heavy atom. The van der Waals surface area contributed by atoms with Gasteiger partial charge in [0.2, 0.25) is 0 Å². The molecule has 1 aromatic rings. The van der Waals surface area contributed by atoms with E-state index < -0.39 is 0 Å². The lowest BCUT2D eigenvalue weighted by Crippen LogP contribution is -2.47. The van der Waals surface area contributed by atoms with Gasteiger partial charge in [0.05, 0.1) is 0 Å². The van der Waals surface area contributed by atoms with Crippen LogP contribution in [0.4, 0.5) is 5.69 Å². The lowest BCUT2D eigenvalue weighted by Gasteiger charge is -2.25. The van der Waals surface area contributed by atoms with E-state index in [0.717, 1.165) is 17.8 Å². The summed E-state index contributed by atoms with van der Waals surface area (Å²) in [6.07, 6.45) is 0.854. The summed E-state index contributed by atoms with van der Waals surface area (Å²) in [5, 5.41) is 6.17. The number of para-hydroxylation sites is 1. The summed E-state index contributed by atoms with van der Waals surface area (Å²) in [4.78, 5) is 11.5. The maximum atomic E-state index is 11.5. The molecule has 1 aliphatic heterocycles. The smallest absolute Gasteiger partial charge is 0.317 e. The first-order valence-corrected chi connectivity index (χ1v) is 5.67. The molecule has 1 heterocycles. The predicted molar refractivity (Wildman–Crippen MR) is 67.3 cm³/mol. The lowest BCUT2D eigenvalue weighted by molar-refractivity contribution is -0.113. The zero-order chi connectivity index (χ0) is 11.6. The third-order valence-electron chi connectivity index (χ3n) is 2.62. The van der Waals surface area contributed by atoms with Crippen molar-refractivity contribution in [3.05, 3.63) is 41.4 Å². The second-order valence-corrected chi connectivity index (χ2v) is 4.29. The van der Waals surface area contributed by atoms with E-state index >= 15 is 0 Å². The highest BCUT2D eigenvalue weighted by Gasteiger charge is 2.44. The van der Waals surface area contributed by atoms with Gasteiger partial charge in [0, 0.05) is 24.5 Å². The van der Waals surface area contributed by atoms with E-state index in [9.17, 15) is 4.79 Å². The molecule has 1 aliphatic rings. The number of rotatable bonds is 2. The molecule has 16 heavy (non-hydrogen) atoms. The van der Waals surface area contributed by atoms with Crippen LogP contribution in [0.5, 0.6) is 0 Å². The average molecular weight is 234 g/mol. The number of thioether (sulfide) groups is 1. The van der Waals surface area contributed by atoms with Crippen molar-refractivity contribution in [3.63, 3.8) is 0 Å². The van der Waals surface area contributed by atoms with Crippen molar-refractivity contribution >= 4 is 29.0 Å². The largest absolute Gasteiger partial charge is 0.318 e. The fourth-order valence-corrected chi connectivity index (χ4v) is 2.70. The topological polar surface area (TPSA) is 55.4 Å². The number of carbonyl (C=O) groups excluding carboxylic acids is 1. The number of hydrazone groups is 1. The Bertz CT molecular complexity index is 469. The van der Waals surface area contributed by atoms with Gasteiger partial charge in [0.15, 0.2) is 5.69 Å². The summed E-state index contributed by atoms with van der Waals surface area (Å²) in [5.41, 5.74) is 1.75. The second-order valence-electron chi connectivity index (χ2n) is 3.45. The maximum Gasteiger partial charge on any atom is 0.318 e. The number of hydrogen-bond donors (Lipinski definition) is 1. The summed E-state index contributed by atoms with van der Waals surface area (Å²) in [6, 6.07) is 9.48. The number of nitrogens with zero attached hydrogens (tertiary/aromatic N) is 2. The van der Waals surface area contributed by atoms with Crippen LogP contribution in [0.3, 0.4) is 0 Å². The van der Waals surface area contributed by atoms with Crippen LogP contribution in [0, 0.1) is 0 Å². The first-order valence-electron chi connectivity index (χ1n) is 4.79. The van der Waals surface area contributed by atoms with Crippen LogP contribution >= 0.6 is 11.8 Å². The van der Waals surface area contributed by atoms with E-state index in [2.05, 4.69) is 5.10 Å². The Kier molecular flexibility index (Phi) is 2.80. The molecule has 1 aromatic carbocycles. The third-order valence-corrected chi connectivity index (χ3v) is 3.69. The zero-order valence-electron chi connectivity index (χ0n) is 8.83. The van der Waals surface area contributed by atoms with Crippen LogP contribution in [-0.2, 0) is 4.79 Å². The zero-order valence-corrected chi connectivity index (χ0v) is 9.65. The van der Waals surface area contributed by atoms with Crippen LogP contribution in [0.1, 0.15) is 6.92 Å². The number of amidine groups is 1. The van der Waals surface area contributed by atoms with E-state index in [1.807, 2.05) is 42.7 Å². The number of benzene rings is 1. The normalized spacial score (nSPS) is 26.8. The molecule has 0 aliphatic carbocycles. The monoisotopic (exact) mass is 234 g/mol. The van der Waals surface area contributed by atoms with Gasteiger partial charge < -0.3 is 5.84 Å². The van der Waals surface area contributed by atoms with Crippen LogP contribution in [0.15, 0.2) is 46.5 Å². The Morgan fingerprint density at radius 1 is 1.38 bits per heavy atom. The fourth-order valence-electron chi connectivity index (χ4n) is 1.74. The lowest BCUT2D eigenvalue weighted by atomic mass is 10.2. The molecule has 0 saturated carbocycles. The van der Waals surface area contributed by atoms with Gasteiger partial charge in [0.1, 0.15) is 5.70 Å². The number of carbonyl (C=O) groups is 1. The molecule has 0 bridgehead atoms. The SMILES string of the molecule is CC1=CSC(=NN)[N+]1(C=O)c1ccccc1. The molecule has 0 spiro atoms. The maximum absolute atomic E-state index is 11.5. The first kappa shape index (κ1) is 10.9. The molecule has 0 aromatic heterocycles. The quantitative estimate of drug-likeness (QED) is 0.368. The number of hydrogen-bond acceptors (Lipinski definition) is 4. The Balaban J connectivity index is 2.63. The van der Waals surface area contributed by atoms with Gasteiger partial charge in [0.25, 0.3) is 0 Å². The molecular formula is C11H12N3OS+. The molecule has 1 unspecified atom stereocenters. The minimum absolute atomic E-state index is 0.0258. The highest BCUT2D eigenvalue weighted by atomic mass is 32.2. The number of amides is 1. The van der Waals surface area contributed by atoms with Crippen molar-refractivity contribution in [2.75, 3.05) is 0 Å². The average Bonchev–Trinajstić information content (AvgIpc) is 2.67. The molecule has 4 nitrogen and oxygen atoms in total. The number of nitrogens with two attached hydrogens (primary N) is 1. The highest BCUT2D eigenvalue weighted by molar-refractivity contribution is 8.16. The molecule has 82 valence electrons. The van der Waals surface area contributed by atoms with Crippen molar-refractivity contribution in [3.8, 4) is 0 Å². The second kappa shape index (κ2) is 4.11. The van der Waals surface area contributed by atoms with Gasteiger partial charge in [-0.3, -0.25) is 0 Å². The highest BCUT2D eigenvalue weighted by Crippen LogP contribution is 2.37. The van der Waals surface area contributed by atoms with Crippen molar-refractivity contribution in [2.24, 2.45) is 10.9 Å². The van der Waals surface area contributed by atoms with E-state index in [1.54, 1.807) is 0 Å². The third kappa shape index (κ3) is 1.36. The van der Waals surface area contributed by atoms with E-state index in [4.69, 9.17) is 5.84 Å². The molecule has 0 fully saturated rings. The molecule has 1 amide bonds. The Hall–Kier alpha value is -1.59. The number of quaternary nitrogens is 1. The molecular weight excluding hydrogens is 222 g/mol. The van der Waals surface area contributed by atoms with E-state index in [-0.39, 0.29) is 4.48 Å². The molecule has 2 rings (SSSR count). The summed E-state index contributed by atoms with van der Waals surface area (Å²) < 4.78 is -0.0258. The Labute approximate surface area is 98.0 Å². The summed E-state index contributed by atoms with van der Waals surface area (Å²) in [5.74, 6) is 5.34. The van der Waals surface area contributed by atoms with Gasteiger partial charge in [-0.1, -0.05) is 18.2 Å². The molecule has 2 N–H and O–H groups in total. The summed E-state index contributed by atoms with van der Waals surface area (Å²) >= 11 is 1.38. The van der Waals surface area contributed by atoms with Gasteiger partial charge >= 0.3 is 11.6 Å². The van der Waals surface area contributed by atoms with Crippen molar-refractivity contribution in [1.82, 2.24) is 4.48 Å². The van der Waals surface area contributed by atoms with Crippen molar-refractivity contribution in [1.29, 1.82) is 0 Å². The van der Waals surface area contributed by atoms with Crippen molar-refractivity contribution < 1.29 is 4.79 Å². The minimum atomic E-state index is -0.0258. The predicted octanol–water partition coefficient (Wildman–Crippen LogP) is 1.99. The molecule has 0 radical (unpaired) electrons. The minimum Gasteiger partial charge on any atom is -0.317 e. The number of allylic oxidation sites excluding steroid dienone is 1. The van der Waals surface area contributed by atoms with E-state index in [1.165, 1.54) is 11.8 Å². The summed E-state index contributed by atoms with van der Waals surface area (Å²) in [6.45, 7) is 1.90. The summed E-state index contributed by atoms with van der Waals surface area (Å²) in [7, 11) is 0. The van der Waals surface area contributed by atoms with Crippen molar-refractivity contribution in [2.45, 2.75) is 6.92 Å². The molecule has 0 saturated heterocycles. The molecule has 5 heteroatoms. The van der Waals surface area contributed by atoms with Crippen LogP contribution in [0.25, 0.3) is 0 Å². The van der Waals surface area contributed by atoms with Gasteiger partial charge in [-0.05, 0) is 11.8 Å².